The van der Waals surface area contributed by atoms with Crippen LogP contribution in [-0.2, 0) is 4.79 Å². The molecule has 1 aliphatic heterocycles. The second-order valence-electron chi connectivity index (χ2n) is 4.54. The van der Waals surface area contributed by atoms with Crippen LogP contribution in [0.25, 0.3) is 0 Å². The monoisotopic (exact) mass is 297 g/mol. The second-order valence-corrected chi connectivity index (χ2v) is 5.40. The summed E-state index contributed by atoms with van der Waals surface area (Å²) in [5, 5.41) is 0. The van der Waals surface area contributed by atoms with Gasteiger partial charge in [0.25, 0.3) is 0 Å². The van der Waals surface area contributed by atoms with E-state index in [0.29, 0.717) is 6.42 Å². The summed E-state index contributed by atoms with van der Waals surface area (Å²) < 4.78 is 6.89. The Morgan fingerprint density at radius 3 is 2.71 bits per heavy atom. The first kappa shape index (κ1) is 12.4. The molecule has 1 aromatic carbocycles. The fourth-order valence-corrected chi connectivity index (χ4v) is 2.51. The van der Waals surface area contributed by atoms with E-state index >= 15 is 0 Å². The minimum Gasteiger partial charge on any atom is -0.488 e. The molecular weight excluding hydrogens is 282 g/mol. The summed E-state index contributed by atoms with van der Waals surface area (Å²) in [7, 11) is 1.80. The van der Waals surface area contributed by atoms with Gasteiger partial charge in [-0.25, -0.2) is 0 Å². The number of hydrogen-bond acceptors (Lipinski definition) is 2. The highest BCUT2D eigenvalue weighted by molar-refractivity contribution is 9.10. The minimum absolute atomic E-state index is 0.0783. The van der Waals surface area contributed by atoms with E-state index in [4.69, 9.17) is 4.74 Å². The third kappa shape index (κ3) is 2.06. The molecule has 1 aliphatic rings. The standard InChI is InChI=1S/C13H16BrNO2/c1-7-5-12(16)15(4)11-6-10(14)8(2)9(3)13(11)17-7/h6-7H,5H2,1-4H3. The molecule has 1 aromatic rings. The topological polar surface area (TPSA) is 29.5 Å². The van der Waals surface area contributed by atoms with Gasteiger partial charge < -0.3 is 9.64 Å². The van der Waals surface area contributed by atoms with Crippen LogP contribution in [0.5, 0.6) is 5.75 Å². The highest BCUT2D eigenvalue weighted by Crippen LogP contribution is 2.40. The van der Waals surface area contributed by atoms with E-state index in [1.807, 2.05) is 26.8 Å². The third-order valence-corrected chi connectivity index (χ3v) is 4.10. The Labute approximate surface area is 110 Å². The molecule has 0 saturated heterocycles. The molecule has 0 fully saturated rings. The zero-order valence-electron chi connectivity index (χ0n) is 10.5. The summed E-state index contributed by atoms with van der Waals surface area (Å²) >= 11 is 3.52. The SMILES string of the molecule is Cc1c(Br)cc2c(c1C)OC(C)CC(=O)N2C. The predicted molar refractivity (Wildman–Crippen MR) is 71.7 cm³/mol. The van der Waals surface area contributed by atoms with Crippen molar-refractivity contribution in [1.29, 1.82) is 0 Å². The molecule has 0 N–H and O–H groups in total. The maximum atomic E-state index is 11.9. The zero-order valence-corrected chi connectivity index (χ0v) is 12.1. The minimum atomic E-state index is -0.0783. The number of rotatable bonds is 0. The molecule has 0 bridgehead atoms. The normalized spacial score (nSPS) is 19.7. The summed E-state index contributed by atoms with van der Waals surface area (Å²) in [5.74, 6) is 0.915. The van der Waals surface area contributed by atoms with Crippen LogP contribution >= 0.6 is 15.9 Å². The molecular formula is C13H16BrNO2. The number of benzene rings is 1. The Hall–Kier alpha value is -1.03. The van der Waals surface area contributed by atoms with Crippen molar-refractivity contribution in [2.45, 2.75) is 33.3 Å². The number of carbonyl (C=O) groups is 1. The first-order chi connectivity index (χ1) is 7.91. The number of amides is 1. The Kier molecular flexibility index (Phi) is 3.17. The molecule has 0 spiro atoms. The second kappa shape index (κ2) is 4.33. The van der Waals surface area contributed by atoms with Crippen LogP contribution in [0.15, 0.2) is 10.5 Å². The van der Waals surface area contributed by atoms with Crippen molar-refractivity contribution >= 4 is 27.5 Å². The molecule has 4 heteroatoms. The molecule has 1 atom stereocenters. The molecule has 2 rings (SSSR count). The highest BCUT2D eigenvalue weighted by Gasteiger charge is 2.26. The van der Waals surface area contributed by atoms with Gasteiger partial charge in [-0.2, -0.15) is 0 Å². The van der Waals surface area contributed by atoms with E-state index in [0.717, 1.165) is 27.0 Å². The molecule has 0 saturated carbocycles. The summed E-state index contributed by atoms with van der Waals surface area (Å²) in [6.07, 6.45) is 0.340. The van der Waals surface area contributed by atoms with Gasteiger partial charge in [-0.3, -0.25) is 4.79 Å². The predicted octanol–water partition coefficient (Wildman–Crippen LogP) is 3.20. The molecule has 0 aromatic heterocycles. The number of fused-ring (bicyclic) bond motifs is 1. The fraction of sp³-hybridized carbons (Fsp3) is 0.462. The van der Waals surface area contributed by atoms with E-state index < -0.39 is 0 Å². The van der Waals surface area contributed by atoms with Crippen molar-refractivity contribution in [2.75, 3.05) is 11.9 Å². The van der Waals surface area contributed by atoms with Gasteiger partial charge in [0, 0.05) is 11.5 Å². The molecule has 1 unspecified atom stereocenters. The van der Waals surface area contributed by atoms with Crippen molar-refractivity contribution in [2.24, 2.45) is 0 Å². The third-order valence-electron chi connectivity index (χ3n) is 3.27. The van der Waals surface area contributed by atoms with Crippen LogP contribution in [0, 0.1) is 13.8 Å². The number of hydrogen-bond donors (Lipinski definition) is 0. The molecule has 3 nitrogen and oxygen atoms in total. The summed E-state index contributed by atoms with van der Waals surface area (Å²) in [6.45, 7) is 5.99. The molecule has 1 heterocycles. The molecule has 1 amide bonds. The van der Waals surface area contributed by atoms with Gasteiger partial charge in [-0.15, -0.1) is 0 Å². The van der Waals surface area contributed by atoms with E-state index in [1.165, 1.54) is 0 Å². The Bertz CT molecular complexity index is 485. The Morgan fingerprint density at radius 2 is 2.06 bits per heavy atom. The van der Waals surface area contributed by atoms with Crippen LogP contribution in [0.2, 0.25) is 0 Å². The van der Waals surface area contributed by atoms with Gasteiger partial charge >= 0.3 is 0 Å². The van der Waals surface area contributed by atoms with E-state index in [9.17, 15) is 4.79 Å². The molecule has 92 valence electrons. The van der Waals surface area contributed by atoms with Gasteiger partial charge in [-0.1, -0.05) is 15.9 Å². The Balaban J connectivity index is 2.65. The maximum Gasteiger partial charge on any atom is 0.230 e. The van der Waals surface area contributed by atoms with E-state index in [1.54, 1.807) is 11.9 Å². The molecule has 0 radical (unpaired) electrons. The fourth-order valence-electron chi connectivity index (χ4n) is 1.99. The lowest BCUT2D eigenvalue weighted by molar-refractivity contribution is -0.119. The van der Waals surface area contributed by atoms with Crippen LogP contribution in [-0.4, -0.2) is 19.1 Å². The van der Waals surface area contributed by atoms with Gasteiger partial charge in [-0.05, 0) is 38.0 Å². The van der Waals surface area contributed by atoms with E-state index in [2.05, 4.69) is 15.9 Å². The number of carbonyl (C=O) groups excluding carboxylic acids is 1. The largest absolute Gasteiger partial charge is 0.488 e. The quantitative estimate of drug-likeness (QED) is 0.736. The average Bonchev–Trinajstić information content (AvgIpc) is 2.37. The highest BCUT2D eigenvalue weighted by atomic mass is 79.9. The number of nitrogens with zero attached hydrogens (tertiary/aromatic N) is 1. The average molecular weight is 298 g/mol. The van der Waals surface area contributed by atoms with Crippen molar-refractivity contribution < 1.29 is 9.53 Å². The van der Waals surface area contributed by atoms with Gasteiger partial charge in [0.15, 0.2) is 0 Å². The van der Waals surface area contributed by atoms with Crippen molar-refractivity contribution in [3.05, 3.63) is 21.7 Å². The first-order valence-corrected chi connectivity index (χ1v) is 6.44. The summed E-state index contributed by atoms with van der Waals surface area (Å²) in [6, 6.07) is 1.95. The molecule has 17 heavy (non-hydrogen) atoms. The first-order valence-electron chi connectivity index (χ1n) is 5.64. The number of ether oxygens (including phenoxy) is 1. The van der Waals surface area contributed by atoms with Crippen LogP contribution in [0.4, 0.5) is 5.69 Å². The summed E-state index contributed by atoms with van der Waals surface area (Å²) in [4.78, 5) is 13.6. The van der Waals surface area contributed by atoms with E-state index in [-0.39, 0.29) is 12.0 Å². The van der Waals surface area contributed by atoms with Crippen LogP contribution in [0.1, 0.15) is 24.5 Å². The van der Waals surface area contributed by atoms with Crippen molar-refractivity contribution in [3.8, 4) is 5.75 Å². The van der Waals surface area contributed by atoms with Gasteiger partial charge in [0.2, 0.25) is 5.91 Å². The molecule has 0 aliphatic carbocycles. The van der Waals surface area contributed by atoms with Crippen LogP contribution in [0.3, 0.4) is 0 Å². The number of halogens is 1. The Morgan fingerprint density at radius 1 is 1.41 bits per heavy atom. The van der Waals surface area contributed by atoms with Gasteiger partial charge in [0.1, 0.15) is 11.9 Å². The van der Waals surface area contributed by atoms with Crippen molar-refractivity contribution in [3.63, 3.8) is 0 Å². The van der Waals surface area contributed by atoms with Crippen molar-refractivity contribution in [1.82, 2.24) is 0 Å². The lowest BCUT2D eigenvalue weighted by atomic mass is 10.1. The van der Waals surface area contributed by atoms with Crippen LogP contribution < -0.4 is 9.64 Å². The smallest absolute Gasteiger partial charge is 0.230 e. The number of anilines is 1. The zero-order chi connectivity index (χ0) is 12.7. The maximum absolute atomic E-state index is 11.9. The van der Waals surface area contributed by atoms with Gasteiger partial charge in [0.05, 0.1) is 12.1 Å². The summed E-state index contributed by atoms with van der Waals surface area (Å²) in [5.41, 5.74) is 3.08. The lowest BCUT2D eigenvalue weighted by Gasteiger charge is -2.20. The lowest BCUT2D eigenvalue weighted by Crippen LogP contribution is -2.27.